The van der Waals surface area contributed by atoms with Gasteiger partial charge in [-0.15, -0.1) is 0 Å². The molecule has 5 heteroatoms. The van der Waals surface area contributed by atoms with Gasteiger partial charge in [0.05, 0.1) is 0 Å². The normalized spacial score (nSPS) is 15.4. The van der Waals surface area contributed by atoms with Gasteiger partial charge in [-0.2, -0.15) is 4.73 Å². The third-order valence-corrected chi connectivity index (χ3v) is 4.57. The van der Waals surface area contributed by atoms with Crippen LogP contribution in [0, 0.1) is 5.21 Å². The summed E-state index contributed by atoms with van der Waals surface area (Å²) in [6.45, 7) is 0. The monoisotopic (exact) mass is 300 g/mol. The predicted molar refractivity (Wildman–Crippen MR) is 81.6 cm³/mol. The Bertz CT molecular complexity index is 629. The molecule has 1 fully saturated rings. The van der Waals surface area contributed by atoms with Gasteiger partial charge in [0, 0.05) is 18.2 Å². The topological polar surface area (TPSA) is 56.0 Å². The van der Waals surface area contributed by atoms with E-state index in [2.05, 4.69) is 5.32 Å². The highest BCUT2D eigenvalue weighted by atomic mass is 32.2. The number of carbonyl (C=O) groups is 1. The maximum Gasteiger partial charge on any atom is 0.252 e. The van der Waals surface area contributed by atoms with Gasteiger partial charge in [0.2, 0.25) is 5.91 Å². The van der Waals surface area contributed by atoms with Crippen LogP contribution in [0.3, 0.4) is 0 Å². The van der Waals surface area contributed by atoms with Crippen molar-refractivity contribution in [3.05, 3.63) is 65.5 Å². The van der Waals surface area contributed by atoms with Gasteiger partial charge in [0.15, 0.2) is 6.20 Å². The van der Waals surface area contributed by atoms with E-state index < -0.39 is 5.25 Å². The lowest BCUT2D eigenvalue weighted by atomic mass is 10.1. The zero-order valence-corrected chi connectivity index (χ0v) is 12.3. The van der Waals surface area contributed by atoms with E-state index in [1.807, 2.05) is 30.3 Å². The van der Waals surface area contributed by atoms with Gasteiger partial charge >= 0.3 is 0 Å². The lowest BCUT2D eigenvalue weighted by Gasteiger charge is -2.16. The molecule has 2 aromatic rings. The van der Waals surface area contributed by atoms with Crippen LogP contribution < -0.4 is 10.0 Å². The predicted octanol–water partition coefficient (Wildman–Crippen LogP) is 2.43. The average molecular weight is 300 g/mol. The van der Waals surface area contributed by atoms with Gasteiger partial charge in [-0.25, -0.2) is 0 Å². The van der Waals surface area contributed by atoms with Gasteiger partial charge in [0.1, 0.15) is 5.25 Å². The second-order valence-electron chi connectivity index (χ2n) is 5.06. The van der Waals surface area contributed by atoms with Crippen LogP contribution in [-0.2, 0) is 4.79 Å². The van der Waals surface area contributed by atoms with Crippen molar-refractivity contribution < 1.29 is 9.52 Å². The maximum absolute atomic E-state index is 12.5. The molecular weight excluding hydrogens is 284 g/mol. The Morgan fingerprint density at radius 3 is 2.57 bits per heavy atom. The molecule has 1 atom stereocenters. The van der Waals surface area contributed by atoms with Crippen LogP contribution in [0.5, 0.6) is 0 Å². The Morgan fingerprint density at radius 1 is 1.19 bits per heavy atom. The van der Waals surface area contributed by atoms with Gasteiger partial charge in [-0.1, -0.05) is 30.3 Å². The van der Waals surface area contributed by atoms with Crippen molar-refractivity contribution in [2.75, 3.05) is 0 Å². The van der Waals surface area contributed by atoms with Crippen LogP contribution in [0.25, 0.3) is 0 Å². The molecule has 1 aromatic carbocycles. The van der Waals surface area contributed by atoms with Crippen LogP contribution in [0.4, 0.5) is 0 Å². The number of rotatable bonds is 5. The summed E-state index contributed by atoms with van der Waals surface area (Å²) in [6, 6.07) is 15.1. The molecule has 1 aliphatic rings. The molecule has 1 heterocycles. The minimum Gasteiger partial charge on any atom is -0.618 e. The van der Waals surface area contributed by atoms with Crippen molar-refractivity contribution in [3.63, 3.8) is 0 Å². The van der Waals surface area contributed by atoms with Crippen molar-refractivity contribution in [2.45, 2.75) is 29.2 Å². The number of aromatic nitrogens is 1. The van der Waals surface area contributed by atoms with E-state index in [0.29, 0.717) is 11.1 Å². The number of hydrogen-bond acceptors (Lipinski definition) is 3. The van der Waals surface area contributed by atoms with E-state index in [-0.39, 0.29) is 5.91 Å². The molecule has 21 heavy (non-hydrogen) atoms. The van der Waals surface area contributed by atoms with Crippen LogP contribution in [0.15, 0.2) is 59.8 Å². The Balaban J connectivity index is 1.85. The second kappa shape index (κ2) is 6.18. The van der Waals surface area contributed by atoms with E-state index in [0.717, 1.165) is 23.1 Å². The second-order valence-corrected chi connectivity index (χ2v) is 6.18. The zero-order valence-electron chi connectivity index (χ0n) is 11.4. The molecule has 0 unspecified atom stereocenters. The fraction of sp³-hybridized carbons (Fsp3) is 0.250. The van der Waals surface area contributed by atoms with Crippen molar-refractivity contribution in [1.82, 2.24) is 5.32 Å². The Morgan fingerprint density at radius 2 is 1.90 bits per heavy atom. The maximum atomic E-state index is 12.5. The molecule has 0 bridgehead atoms. The summed E-state index contributed by atoms with van der Waals surface area (Å²) in [7, 11) is 0. The summed E-state index contributed by atoms with van der Waals surface area (Å²) < 4.78 is 0.797. The molecule has 0 spiro atoms. The highest BCUT2D eigenvalue weighted by Crippen LogP contribution is 2.34. The fourth-order valence-corrected chi connectivity index (χ4v) is 3.06. The lowest BCUT2D eigenvalue weighted by molar-refractivity contribution is -0.645. The molecule has 1 amide bonds. The first-order chi connectivity index (χ1) is 10.2. The van der Waals surface area contributed by atoms with Crippen LogP contribution >= 0.6 is 11.8 Å². The van der Waals surface area contributed by atoms with E-state index in [4.69, 9.17) is 0 Å². The highest BCUT2D eigenvalue weighted by Gasteiger charge is 2.30. The minimum atomic E-state index is -0.408. The molecule has 1 aromatic heterocycles. The largest absolute Gasteiger partial charge is 0.618 e. The number of amides is 1. The van der Waals surface area contributed by atoms with Crippen molar-refractivity contribution in [2.24, 2.45) is 0 Å². The van der Waals surface area contributed by atoms with Gasteiger partial charge in [0.25, 0.3) is 5.03 Å². The Hall–Kier alpha value is -2.01. The lowest BCUT2D eigenvalue weighted by Crippen LogP contribution is -2.32. The number of carbonyl (C=O) groups excluding carboxylic acids is 1. The first-order valence-corrected chi connectivity index (χ1v) is 7.82. The molecule has 3 rings (SSSR count). The van der Waals surface area contributed by atoms with Crippen molar-refractivity contribution >= 4 is 17.7 Å². The first-order valence-electron chi connectivity index (χ1n) is 6.94. The molecule has 1 aliphatic carbocycles. The molecule has 0 aliphatic heterocycles. The number of hydrogen-bond donors (Lipinski definition) is 1. The van der Waals surface area contributed by atoms with E-state index in [1.165, 1.54) is 18.0 Å². The number of nitrogens with zero attached hydrogens (tertiary/aromatic N) is 1. The summed E-state index contributed by atoms with van der Waals surface area (Å²) in [5.74, 6) is -0.0300. The van der Waals surface area contributed by atoms with Crippen LogP contribution in [0.2, 0.25) is 0 Å². The average Bonchev–Trinajstić information content (AvgIpc) is 3.31. The Kier molecular flexibility index (Phi) is 4.10. The third kappa shape index (κ3) is 3.55. The first kappa shape index (κ1) is 13.9. The third-order valence-electron chi connectivity index (χ3n) is 3.29. The van der Waals surface area contributed by atoms with Crippen molar-refractivity contribution in [1.29, 1.82) is 0 Å². The van der Waals surface area contributed by atoms with Gasteiger partial charge in [-0.05, 0) is 36.2 Å². The van der Waals surface area contributed by atoms with E-state index in [9.17, 15) is 10.0 Å². The molecule has 108 valence electrons. The van der Waals surface area contributed by atoms with Gasteiger partial charge < -0.3 is 10.5 Å². The minimum absolute atomic E-state index is 0.0300. The number of nitrogens with one attached hydrogen (secondary N) is 1. The molecule has 0 saturated heterocycles. The highest BCUT2D eigenvalue weighted by molar-refractivity contribution is 8.00. The Labute approximate surface area is 127 Å². The summed E-state index contributed by atoms with van der Waals surface area (Å²) >= 11 is 1.28. The summed E-state index contributed by atoms with van der Waals surface area (Å²) in [6.07, 6.45) is 3.54. The van der Waals surface area contributed by atoms with Crippen molar-refractivity contribution in [3.8, 4) is 0 Å². The molecular formula is C16H16N2O2S. The number of benzene rings is 1. The number of thioether (sulfide) groups is 1. The summed E-state index contributed by atoms with van der Waals surface area (Å²) in [4.78, 5) is 12.5. The smallest absolute Gasteiger partial charge is 0.252 e. The van der Waals surface area contributed by atoms with Gasteiger partial charge in [-0.3, -0.25) is 4.79 Å². The summed E-state index contributed by atoms with van der Waals surface area (Å²) in [5, 5.41) is 14.9. The molecule has 1 N–H and O–H groups in total. The molecule has 4 nitrogen and oxygen atoms in total. The standard InChI is InChI=1S/C16H16N2O2S/c19-16(17-13-9-10-13)15(12-6-2-1-3-7-12)21-14-8-4-5-11-18(14)20/h1-8,11,13,15H,9-10H2,(H,17,19)/t15-/m1/s1. The SMILES string of the molecule is O=C(NC1CC1)[C@H](Sc1cccc[n+]1[O-])c1ccccc1. The quantitative estimate of drug-likeness (QED) is 0.524. The fourth-order valence-electron chi connectivity index (χ4n) is 2.03. The zero-order chi connectivity index (χ0) is 14.7. The van der Waals surface area contributed by atoms with Crippen LogP contribution in [0.1, 0.15) is 23.7 Å². The molecule has 1 saturated carbocycles. The van der Waals surface area contributed by atoms with E-state index >= 15 is 0 Å². The number of pyridine rings is 1. The molecule has 0 radical (unpaired) electrons. The summed E-state index contributed by atoms with van der Waals surface area (Å²) in [5.41, 5.74) is 0.907. The van der Waals surface area contributed by atoms with E-state index in [1.54, 1.807) is 18.2 Å². The van der Waals surface area contributed by atoms with Crippen LogP contribution in [-0.4, -0.2) is 11.9 Å².